The maximum Gasteiger partial charge on any atom is 0.161 e. The highest BCUT2D eigenvalue weighted by atomic mass is 35.5. The molecule has 1 saturated heterocycles. The SMILES string of the molecule is N.Nc1c(Cl)nc2ncccc2c1Cc1cccc(CN2CCCC2)c1. The van der Waals surface area contributed by atoms with Gasteiger partial charge < -0.3 is 11.9 Å². The Labute approximate surface area is 158 Å². The quantitative estimate of drug-likeness (QED) is 0.672. The van der Waals surface area contributed by atoms with Crippen LogP contribution in [0.25, 0.3) is 11.0 Å². The van der Waals surface area contributed by atoms with Gasteiger partial charge in [-0.05, 0) is 54.8 Å². The molecule has 0 radical (unpaired) electrons. The molecule has 26 heavy (non-hydrogen) atoms. The van der Waals surface area contributed by atoms with E-state index in [2.05, 4.69) is 39.1 Å². The Bertz CT molecular complexity index is 906. The van der Waals surface area contributed by atoms with E-state index in [1.807, 2.05) is 12.1 Å². The molecular formula is C20H24ClN5. The van der Waals surface area contributed by atoms with E-state index in [0.29, 0.717) is 16.5 Å². The topological polar surface area (TPSA) is 90.0 Å². The molecule has 0 bridgehead atoms. The normalized spacial score (nSPS) is 14.5. The van der Waals surface area contributed by atoms with E-state index in [1.54, 1.807) is 6.20 Å². The van der Waals surface area contributed by atoms with Crippen LogP contribution >= 0.6 is 11.6 Å². The van der Waals surface area contributed by atoms with Crippen LogP contribution in [-0.2, 0) is 13.0 Å². The monoisotopic (exact) mass is 369 g/mol. The van der Waals surface area contributed by atoms with Crippen LogP contribution in [0.1, 0.15) is 29.5 Å². The summed E-state index contributed by atoms with van der Waals surface area (Å²) in [4.78, 5) is 11.1. The maximum absolute atomic E-state index is 6.24. The number of nitrogens with zero attached hydrogens (tertiary/aromatic N) is 3. The average Bonchev–Trinajstić information content (AvgIpc) is 3.12. The van der Waals surface area contributed by atoms with E-state index < -0.39 is 0 Å². The number of hydrogen-bond donors (Lipinski definition) is 2. The molecule has 0 spiro atoms. The van der Waals surface area contributed by atoms with Crippen LogP contribution in [0, 0.1) is 0 Å². The van der Waals surface area contributed by atoms with Gasteiger partial charge in [0.15, 0.2) is 10.8 Å². The van der Waals surface area contributed by atoms with Gasteiger partial charge >= 0.3 is 0 Å². The van der Waals surface area contributed by atoms with E-state index >= 15 is 0 Å². The zero-order chi connectivity index (χ0) is 17.2. The Hall–Kier alpha value is -2.21. The second-order valence-electron chi connectivity index (χ2n) is 6.65. The summed E-state index contributed by atoms with van der Waals surface area (Å²) in [6.45, 7) is 3.42. The van der Waals surface area contributed by atoms with Gasteiger partial charge in [0.2, 0.25) is 0 Å². The first-order chi connectivity index (χ1) is 12.2. The highest BCUT2D eigenvalue weighted by Gasteiger charge is 2.14. The summed E-state index contributed by atoms with van der Waals surface area (Å²) in [6, 6.07) is 12.7. The van der Waals surface area contributed by atoms with E-state index in [1.165, 1.54) is 37.1 Å². The van der Waals surface area contributed by atoms with Crippen LogP contribution in [0.15, 0.2) is 42.6 Å². The maximum atomic E-state index is 6.24. The number of rotatable bonds is 4. The van der Waals surface area contributed by atoms with Crippen LogP contribution in [0.4, 0.5) is 5.69 Å². The summed E-state index contributed by atoms with van der Waals surface area (Å²) in [5.41, 5.74) is 11.0. The number of pyridine rings is 2. The smallest absolute Gasteiger partial charge is 0.161 e. The predicted octanol–water partition coefficient (Wildman–Crippen LogP) is 4.21. The fourth-order valence-electron chi connectivity index (χ4n) is 3.58. The molecule has 0 unspecified atom stereocenters. The first-order valence-corrected chi connectivity index (χ1v) is 9.07. The lowest BCUT2D eigenvalue weighted by molar-refractivity contribution is 0.331. The van der Waals surface area contributed by atoms with Gasteiger partial charge in [-0.2, -0.15) is 0 Å². The summed E-state index contributed by atoms with van der Waals surface area (Å²) in [7, 11) is 0. The lowest BCUT2D eigenvalue weighted by Crippen LogP contribution is -2.18. The second-order valence-corrected chi connectivity index (χ2v) is 7.01. The molecule has 2 aromatic heterocycles. The van der Waals surface area contributed by atoms with Crippen molar-refractivity contribution in [3.63, 3.8) is 0 Å². The predicted molar refractivity (Wildman–Crippen MR) is 108 cm³/mol. The van der Waals surface area contributed by atoms with E-state index in [9.17, 15) is 0 Å². The average molecular weight is 370 g/mol. The van der Waals surface area contributed by atoms with Gasteiger partial charge in [0.25, 0.3) is 0 Å². The molecule has 0 saturated carbocycles. The molecule has 136 valence electrons. The van der Waals surface area contributed by atoms with Crippen LogP contribution < -0.4 is 11.9 Å². The standard InChI is InChI=1S/C20H21ClN4.H3N/c21-19-18(22)17(16-7-4-8-23-20(16)24-19)12-14-5-3-6-15(11-14)13-25-9-1-2-10-25;/h3-8,11H,1-2,9-10,12-13,22H2;1H3. The summed E-state index contributed by atoms with van der Waals surface area (Å²) >= 11 is 6.22. The van der Waals surface area contributed by atoms with Crippen molar-refractivity contribution in [2.45, 2.75) is 25.8 Å². The van der Waals surface area contributed by atoms with Gasteiger partial charge in [0.1, 0.15) is 0 Å². The van der Waals surface area contributed by atoms with Crippen molar-refractivity contribution in [2.24, 2.45) is 0 Å². The minimum Gasteiger partial charge on any atom is -0.396 e. The van der Waals surface area contributed by atoms with Crippen molar-refractivity contribution >= 4 is 28.3 Å². The summed E-state index contributed by atoms with van der Waals surface area (Å²) in [6.07, 6.45) is 5.07. The molecule has 0 atom stereocenters. The molecule has 1 aromatic carbocycles. The highest BCUT2D eigenvalue weighted by Crippen LogP contribution is 2.30. The fraction of sp³-hybridized carbons (Fsp3) is 0.300. The van der Waals surface area contributed by atoms with Crippen LogP contribution in [0.3, 0.4) is 0 Å². The second kappa shape index (κ2) is 7.99. The molecule has 1 fully saturated rings. The zero-order valence-corrected chi connectivity index (χ0v) is 15.5. The molecule has 0 aliphatic carbocycles. The third kappa shape index (κ3) is 3.80. The third-order valence-corrected chi connectivity index (χ3v) is 5.13. The molecule has 1 aliphatic rings. The Morgan fingerprint density at radius 1 is 1.08 bits per heavy atom. The molecule has 6 heteroatoms. The van der Waals surface area contributed by atoms with Gasteiger partial charge in [-0.25, -0.2) is 9.97 Å². The summed E-state index contributed by atoms with van der Waals surface area (Å²) in [5, 5.41) is 1.30. The molecule has 1 aliphatic heterocycles. The molecule has 5 N–H and O–H groups in total. The summed E-state index contributed by atoms with van der Waals surface area (Å²) in [5.74, 6) is 0. The molecule has 3 aromatic rings. The van der Waals surface area contributed by atoms with Crippen molar-refractivity contribution in [1.82, 2.24) is 21.0 Å². The zero-order valence-electron chi connectivity index (χ0n) is 14.8. The lowest BCUT2D eigenvalue weighted by Gasteiger charge is -2.16. The Morgan fingerprint density at radius 3 is 2.65 bits per heavy atom. The molecule has 5 nitrogen and oxygen atoms in total. The van der Waals surface area contributed by atoms with Gasteiger partial charge in [-0.1, -0.05) is 35.9 Å². The molecule has 0 amide bonds. The largest absolute Gasteiger partial charge is 0.396 e. The number of aromatic nitrogens is 2. The summed E-state index contributed by atoms with van der Waals surface area (Å²) < 4.78 is 0. The van der Waals surface area contributed by atoms with Gasteiger partial charge in [-0.3, -0.25) is 4.90 Å². The van der Waals surface area contributed by atoms with Crippen molar-refractivity contribution in [2.75, 3.05) is 18.8 Å². The minimum atomic E-state index is 0. The van der Waals surface area contributed by atoms with E-state index in [-0.39, 0.29) is 6.15 Å². The van der Waals surface area contributed by atoms with Crippen molar-refractivity contribution in [3.05, 3.63) is 64.4 Å². The van der Waals surface area contributed by atoms with E-state index in [0.717, 1.165) is 23.9 Å². The molecular weight excluding hydrogens is 346 g/mol. The van der Waals surface area contributed by atoms with Crippen molar-refractivity contribution < 1.29 is 0 Å². The number of hydrogen-bond acceptors (Lipinski definition) is 5. The highest BCUT2D eigenvalue weighted by molar-refractivity contribution is 6.32. The minimum absolute atomic E-state index is 0. The van der Waals surface area contributed by atoms with Crippen LogP contribution in [0.2, 0.25) is 5.15 Å². The van der Waals surface area contributed by atoms with Crippen LogP contribution in [-0.4, -0.2) is 28.0 Å². The molecule has 4 rings (SSSR count). The number of anilines is 1. The van der Waals surface area contributed by atoms with Gasteiger partial charge in [-0.15, -0.1) is 0 Å². The number of nitrogens with two attached hydrogens (primary N) is 1. The molecule has 3 heterocycles. The number of nitrogen functional groups attached to an aromatic ring is 1. The number of likely N-dealkylation sites (tertiary alicyclic amines) is 1. The Kier molecular flexibility index (Phi) is 5.71. The van der Waals surface area contributed by atoms with Crippen molar-refractivity contribution in [1.29, 1.82) is 0 Å². The van der Waals surface area contributed by atoms with E-state index in [4.69, 9.17) is 17.3 Å². The van der Waals surface area contributed by atoms with Gasteiger partial charge in [0.05, 0.1) is 5.69 Å². The number of benzene rings is 1. The van der Waals surface area contributed by atoms with Crippen molar-refractivity contribution in [3.8, 4) is 0 Å². The first kappa shape index (κ1) is 18.6. The van der Waals surface area contributed by atoms with Gasteiger partial charge in [0, 0.05) is 24.5 Å². The fourth-order valence-corrected chi connectivity index (χ4v) is 3.77. The third-order valence-electron chi connectivity index (χ3n) is 4.84. The Morgan fingerprint density at radius 2 is 1.85 bits per heavy atom. The Balaban J connectivity index is 0.00000196. The van der Waals surface area contributed by atoms with Crippen LogP contribution in [0.5, 0.6) is 0 Å². The number of halogens is 1. The number of fused-ring (bicyclic) bond motifs is 1. The lowest BCUT2D eigenvalue weighted by atomic mass is 9.99. The first-order valence-electron chi connectivity index (χ1n) is 8.69.